The summed E-state index contributed by atoms with van der Waals surface area (Å²) in [4.78, 5) is 15.3. The molecule has 0 spiro atoms. The molecule has 1 unspecified atom stereocenters. The van der Waals surface area contributed by atoms with Gasteiger partial charge in [-0.25, -0.2) is 0 Å². The molecule has 1 aliphatic rings. The van der Waals surface area contributed by atoms with Crippen molar-refractivity contribution in [3.05, 3.63) is 75.3 Å². The number of aliphatic hydroxyl groups is 1. The predicted octanol–water partition coefficient (Wildman–Crippen LogP) is 2.92. The minimum atomic E-state index is -0.630. The molecule has 0 amide bonds. The number of hydrogen-bond donors (Lipinski definition) is 2. The first-order valence-corrected chi connectivity index (χ1v) is 10.3. The monoisotopic (exact) mass is 398 g/mol. The number of piperazine rings is 1. The summed E-state index contributed by atoms with van der Waals surface area (Å²) in [6.45, 7) is 9.14. The van der Waals surface area contributed by atoms with Crippen LogP contribution < -0.4 is 5.32 Å². The van der Waals surface area contributed by atoms with E-state index in [9.17, 15) is 15.2 Å². The summed E-state index contributed by atoms with van der Waals surface area (Å²) in [5, 5.41) is 25.2. The molecule has 1 heterocycles. The highest BCUT2D eigenvalue weighted by Crippen LogP contribution is 2.32. The lowest BCUT2D eigenvalue weighted by Crippen LogP contribution is -2.45. The van der Waals surface area contributed by atoms with Crippen molar-refractivity contribution in [1.82, 2.24) is 15.1 Å². The highest BCUT2D eigenvalue weighted by atomic mass is 16.6. The smallest absolute Gasteiger partial charge is 0.269 e. The first-order chi connectivity index (χ1) is 14.0. The van der Waals surface area contributed by atoms with Gasteiger partial charge in [0.15, 0.2) is 0 Å². The first kappa shape index (κ1) is 21.4. The van der Waals surface area contributed by atoms with E-state index in [0.29, 0.717) is 0 Å². The van der Waals surface area contributed by atoms with Crippen LogP contribution in [0.2, 0.25) is 0 Å². The van der Waals surface area contributed by atoms with E-state index in [1.165, 1.54) is 6.07 Å². The van der Waals surface area contributed by atoms with Gasteiger partial charge >= 0.3 is 0 Å². The molecular weight excluding hydrogens is 368 g/mol. The Morgan fingerprint density at radius 2 is 1.69 bits per heavy atom. The second kappa shape index (κ2) is 9.93. The van der Waals surface area contributed by atoms with E-state index in [2.05, 4.69) is 10.2 Å². The van der Waals surface area contributed by atoms with Crippen molar-refractivity contribution >= 4 is 5.69 Å². The maximum absolute atomic E-state index is 11.3. The van der Waals surface area contributed by atoms with Crippen molar-refractivity contribution < 1.29 is 10.0 Å². The lowest BCUT2D eigenvalue weighted by atomic mass is 9.95. The number of hydrogen-bond acceptors (Lipinski definition) is 6. The zero-order chi connectivity index (χ0) is 20.8. The van der Waals surface area contributed by atoms with E-state index in [-0.39, 0.29) is 16.7 Å². The van der Waals surface area contributed by atoms with Crippen LogP contribution in [0.5, 0.6) is 0 Å². The van der Waals surface area contributed by atoms with E-state index < -0.39 is 6.23 Å². The van der Waals surface area contributed by atoms with Crippen molar-refractivity contribution in [3.8, 4) is 0 Å². The number of nitro benzene ring substituents is 1. The summed E-state index contributed by atoms with van der Waals surface area (Å²) < 4.78 is 0. The van der Waals surface area contributed by atoms with Gasteiger partial charge in [0.1, 0.15) is 6.23 Å². The Balaban J connectivity index is 1.94. The highest BCUT2D eigenvalue weighted by molar-refractivity contribution is 5.41. The van der Waals surface area contributed by atoms with Gasteiger partial charge in [-0.05, 0) is 29.8 Å². The number of nitrogens with one attached hydrogen (secondary N) is 1. The second-order valence-electron chi connectivity index (χ2n) is 7.30. The topological polar surface area (TPSA) is 81.9 Å². The van der Waals surface area contributed by atoms with Gasteiger partial charge in [-0.2, -0.15) is 0 Å². The third-order valence-corrected chi connectivity index (χ3v) is 5.62. The van der Waals surface area contributed by atoms with Crippen LogP contribution in [0.1, 0.15) is 42.8 Å². The average molecular weight is 399 g/mol. The quantitative estimate of drug-likeness (QED) is 0.404. The van der Waals surface area contributed by atoms with Crippen LogP contribution in [0.15, 0.2) is 48.5 Å². The van der Waals surface area contributed by atoms with Crippen molar-refractivity contribution in [1.29, 1.82) is 0 Å². The summed E-state index contributed by atoms with van der Waals surface area (Å²) in [6.07, 6.45) is -0.630. The maximum atomic E-state index is 11.3. The number of aliphatic hydroxyl groups excluding tert-OH is 1. The Bertz CT molecular complexity index is 802. The Labute approximate surface area is 172 Å². The normalized spacial score (nSPS) is 17.2. The van der Waals surface area contributed by atoms with Gasteiger partial charge in [-0.3, -0.25) is 19.9 Å². The first-order valence-electron chi connectivity index (χ1n) is 10.3. The van der Waals surface area contributed by atoms with Crippen LogP contribution in [0.4, 0.5) is 5.69 Å². The van der Waals surface area contributed by atoms with Crippen molar-refractivity contribution in [2.45, 2.75) is 26.1 Å². The molecule has 1 saturated heterocycles. The molecule has 7 heteroatoms. The second-order valence-corrected chi connectivity index (χ2v) is 7.30. The van der Waals surface area contributed by atoms with Gasteiger partial charge in [-0.1, -0.05) is 50.2 Å². The lowest BCUT2D eigenvalue weighted by Gasteiger charge is -2.35. The van der Waals surface area contributed by atoms with Gasteiger partial charge in [0.2, 0.25) is 0 Å². The molecule has 1 fully saturated rings. The van der Waals surface area contributed by atoms with E-state index >= 15 is 0 Å². The number of benzene rings is 2. The SMILES string of the molecule is CCN(CC)[C@@H](O)c1ccc(C(c2cccc([N+](=O)[O-])c2)N2CCNCC2)cc1. The number of nitrogens with zero attached hydrogens (tertiary/aromatic N) is 3. The Kier molecular flexibility index (Phi) is 7.33. The molecule has 0 radical (unpaired) electrons. The predicted molar refractivity (Wildman–Crippen MR) is 114 cm³/mol. The van der Waals surface area contributed by atoms with Crippen LogP contribution in [0, 0.1) is 10.1 Å². The molecule has 2 aromatic rings. The van der Waals surface area contributed by atoms with Crippen LogP contribution in [-0.4, -0.2) is 59.1 Å². The van der Waals surface area contributed by atoms with Crippen LogP contribution in [0.3, 0.4) is 0 Å². The molecular formula is C22H30N4O3. The van der Waals surface area contributed by atoms with Crippen molar-refractivity contribution in [2.24, 2.45) is 0 Å². The lowest BCUT2D eigenvalue weighted by molar-refractivity contribution is -0.384. The number of rotatable bonds is 8. The largest absolute Gasteiger partial charge is 0.374 e. The van der Waals surface area contributed by atoms with Gasteiger partial charge in [0.05, 0.1) is 11.0 Å². The summed E-state index contributed by atoms with van der Waals surface area (Å²) in [6, 6.07) is 14.8. The third kappa shape index (κ3) is 5.00. The summed E-state index contributed by atoms with van der Waals surface area (Å²) in [7, 11) is 0. The molecule has 0 bridgehead atoms. The Morgan fingerprint density at radius 3 is 2.28 bits per heavy atom. The fraction of sp³-hybridized carbons (Fsp3) is 0.455. The van der Waals surface area contributed by atoms with E-state index in [0.717, 1.165) is 56.0 Å². The Morgan fingerprint density at radius 1 is 1.07 bits per heavy atom. The van der Waals surface area contributed by atoms with E-state index in [4.69, 9.17) is 0 Å². The van der Waals surface area contributed by atoms with Gasteiger partial charge in [-0.15, -0.1) is 0 Å². The molecule has 2 N–H and O–H groups in total. The molecule has 2 atom stereocenters. The summed E-state index contributed by atoms with van der Waals surface area (Å²) in [5.74, 6) is 0. The maximum Gasteiger partial charge on any atom is 0.269 e. The molecule has 0 aliphatic carbocycles. The highest BCUT2D eigenvalue weighted by Gasteiger charge is 2.25. The molecule has 0 saturated carbocycles. The molecule has 0 aromatic heterocycles. The standard InChI is InChI=1S/C22H30N4O3/c1-3-24(4-2)22(27)18-10-8-17(9-11-18)21(25-14-12-23-13-15-25)19-6-5-7-20(16-19)26(28)29/h5-11,16,21-23,27H,3-4,12-15H2,1-2H3/t21?,22-/m0/s1. The zero-order valence-electron chi connectivity index (χ0n) is 17.1. The van der Waals surface area contributed by atoms with Gasteiger partial charge in [0.25, 0.3) is 5.69 Å². The minimum Gasteiger partial charge on any atom is -0.374 e. The summed E-state index contributed by atoms with van der Waals surface area (Å²) in [5.41, 5.74) is 2.95. The van der Waals surface area contributed by atoms with Crippen molar-refractivity contribution in [3.63, 3.8) is 0 Å². The molecule has 3 rings (SSSR count). The summed E-state index contributed by atoms with van der Waals surface area (Å²) >= 11 is 0. The third-order valence-electron chi connectivity index (χ3n) is 5.62. The zero-order valence-corrected chi connectivity index (χ0v) is 17.1. The molecule has 156 valence electrons. The van der Waals surface area contributed by atoms with Crippen LogP contribution in [0.25, 0.3) is 0 Å². The van der Waals surface area contributed by atoms with E-state index in [1.54, 1.807) is 12.1 Å². The van der Waals surface area contributed by atoms with Gasteiger partial charge in [0, 0.05) is 38.3 Å². The fourth-order valence-electron chi connectivity index (χ4n) is 3.99. The minimum absolute atomic E-state index is 0.0587. The van der Waals surface area contributed by atoms with Crippen molar-refractivity contribution in [2.75, 3.05) is 39.3 Å². The number of non-ortho nitro benzene ring substituents is 1. The van der Waals surface area contributed by atoms with E-state index in [1.807, 2.05) is 49.1 Å². The molecule has 7 nitrogen and oxygen atoms in total. The fourth-order valence-corrected chi connectivity index (χ4v) is 3.99. The number of nitro groups is 1. The molecule has 29 heavy (non-hydrogen) atoms. The van der Waals surface area contributed by atoms with Gasteiger partial charge < -0.3 is 10.4 Å². The average Bonchev–Trinajstić information content (AvgIpc) is 2.76. The molecule has 1 aliphatic heterocycles. The Hall–Kier alpha value is -2.32. The van der Waals surface area contributed by atoms with Crippen LogP contribution >= 0.6 is 0 Å². The molecule has 2 aromatic carbocycles. The van der Waals surface area contributed by atoms with Crippen LogP contribution in [-0.2, 0) is 0 Å².